The second-order valence-corrected chi connectivity index (χ2v) is 4.66. The molecule has 5 heteroatoms. The fourth-order valence-corrected chi connectivity index (χ4v) is 2.86. The van der Waals surface area contributed by atoms with Crippen LogP contribution in [0, 0.1) is 0 Å². The topological polar surface area (TPSA) is 58.6 Å². The number of anilines is 1. The van der Waals surface area contributed by atoms with Crippen LogP contribution in [0.2, 0.25) is 0 Å². The first-order valence-electron chi connectivity index (χ1n) is 5.92. The van der Waals surface area contributed by atoms with Gasteiger partial charge in [0.25, 0.3) is 0 Å². The Balaban J connectivity index is 2.00. The molecule has 0 aliphatic carbocycles. The van der Waals surface area contributed by atoms with Gasteiger partial charge in [0, 0.05) is 18.8 Å². The molecule has 94 valence electrons. The maximum absolute atomic E-state index is 12.5. The molecule has 2 aliphatic rings. The molecular formula is C13H14N2O3. The van der Waals surface area contributed by atoms with Crippen molar-refractivity contribution in [2.45, 2.75) is 11.8 Å². The number of fused-ring (bicyclic) bond motifs is 2. The van der Waals surface area contributed by atoms with Crippen LogP contribution in [0.5, 0.6) is 0 Å². The number of hydrogen-bond acceptors (Lipinski definition) is 4. The summed E-state index contributed by atoms with van der Waals surface area (Å²) in [6.45, 7) is 0.972. The summed E-state index contributed by atoms with van der Waals surface area (Å²) < 4.78 is 4.64. The Hall–Kier alpha value is -2.04. The molecule has 0 radical (unpaired) electrons. The van der Waals surface area contributed by atoms with Gasteiger partial charge in [-0.05, 0) is 18.1 Å². The van der Waals surface area contributed by atoms with E-state index >= 15 is 0 Å². The summed E-state index contributed by atoms with van der Waals surface area (Å²) in [6, 6.07) is 7.76. The van der Waals surface area contributed by atoms with Gasteiger partial charge in [0.15, 0.2) is 0 Å². The second-order valence-electron chi connectivity index (χ2n) is 4.66. The molecule has 1 atom stereocenters. The van der Waals surface area contributed by atoms with Crippen molar-refractivity contribution in [3.8, 4) is 0 Å². The highest BCUT2D eigenvalue weighted by molar-refractivity contribution is 6.02. The predicted octanol–water partition coefficient (Wildman–Crippen LogP) is 1.35. The summed E-state index contributed by atoms with van der Waals surface area (Å²) in [6.07, 6.45) is 0.0755. The normalized spacial score (nSPS) is 25.2. The van der Waals surface area contributed by atoms with E-state index in [2.05, 4.69) is 10.1 Å². The fraction of sp³-hybridized carbons (Fsp3) is 0.385. The minimum Gasteiger partial charge on any atom is -0.452 e. The summed E-state index contributed by atoms with van der Waals surface area (Å²) in [5, 5.41) is 3.24. The average molecular weight is 246 g/mol. The SMILES string of the molecule is COC(=O)N1CCC2(CNc3ccccc32)C1=O. The van der Waals surface area contributed by atoms with E-state index < -0.39 is 11.5 Å². The number of amides is 2. The molecule has 2 aliphatic heterocycles. The lowest BCUT2D eigenvalue weighted by Crippen LogP contribution is -2.41. The molecule has 1 fully saturated rings. The number of imide groups is 1. The average Bonchev–Trinajstić information content (AvgIpc) is 2.94. The van der Waals surface area contributed by atoms with Crippen molar-refractivity contribution < 1.29 is 14.3 Å². The minimum atomic E-state index is -0.592. The van der Waals surface area contributed by atoms with Crippen LogP contribution < -0.4 is 5.32 Å². The van der Waals surface area contributed by atoms with Crippen molar-refractivity contribution >= 4 is 17.7 Å². The third-order valence-corrected chi connectivity index (χ3v) is 3.83. The van der Waals surface area contributed by atoms with E-state index in [1.54, 1.807) is 0 Å². The molecule has 3 rings (SSSR count). The predicted molar refractivity (Wildman–Crippen MR) is 65.3 cm³/mol. The number of ether oxygens (including phenoxy) is 1. The molecule has 2 amide bonds. The molecule has 0 aromatic heterocycles. The van der Waals surface area contributed by atoms with Crippen LogP contribution in [0.1, 0.15) is 12.0 Å². The van der Waals surface area contributed by atoms with Gasteiger partial charge in [-0.2, -0.15) is 0 Å². The van der Waals surface area contributed by atoms with E-state index in [1.807, 2.05) is 24.3 Å². The Bertz CT molecular complexity index is 529. The Morgan fingerprint density at radius 3 is 3.00 bits per heavy atom. The van der Waals surface area contributed by atoms with E-state index in [0.717, 1.165) is 11.3 Å². The number of rotatable bonds is 0. The number of carbonyl (C=O) groups is 2. The summed E-state index contributed by atoms with van der Waals surface area (Å²) in [5.41, 5.74) is 1.38. The highest BCUT2D eigenvalue weighted by Crippen LogP contribution is 2.44. The number of likely N-dealkylation sites (tertiary alicyclic amines) is 1. The molecule has 1 aromatic rings. The van der Waals surface area contributed by atoms with Crippen LogP contribution in [0.4, 0.5) is 10.5 Å². The molecule has 1 saturated heterocycles. The van der Waals surface area contributed by atoms with E-state index in [1.165, 1.54) is 12.0 Å². The lowest BCUT2D eigenvalue weighted by atomic mass is 9.81. The molecule has 0 bridgehead atoms. The van der Waals surface area contributed by atoms with E-state index in [0.29, 0.717) is 19.5 Å². The van der Waals surface area contributed by atoms with Crippen LogP contribution in [-0.4, -0.2) is 37.1 Å². The summed E-state index contributed by atoms with van der Waals surface area (Å²) in [5.74, 6) is -0.160. The third-order valence-electron chi connectivity index (χ3n) is 3.83. The van der Waals surface area contributed by atoms with Crippen LogP contribution in [-0.2, 0) is 14.9 Å². The zero-order valence-corrected chi connectivity index (χ0v) is 10.1. The molecule has 18 heavy (non-hydrogen) atoms. The number of hydrogen-bond donors (Lipinski definition) is 1. The van der Waals surface area contributed by atoms with Gasteiger partial charge in [-0.25, -0.2) is 9.69 Å². The highest BCUT2D eigenvalue weighted by atomic mass is 16.5. The number of para-hydroxylation sites is 1. The number of carbonyl (C=O) groups excluding carboxylic acids is 2. The zero-order valence-electron chi connectivity index (χ0n) is 10.1. The molecule has 1 spiro atoms. The van der Waals surface area contributed by atoms with Gasteiger partial charge in [0.2, 0.25) is 5.91 Å². The van der Waals surface area contributed by atoms with Gasteiger partial charge in [0.1, 0.15) is 0 Å². The second kappa shape index (κ2) is 3.73. The van der Waals surface area contributed by atoms with E-state index in [-0.39, 0.29) is 5.91 Å². The van der Waals surface area contributed by atoms with Crippen LogP contribution >= 0.6 is 0 Å². The quantitative estimate of drug-likeness (QED) is 0.750. The molecule has 1 unspecified atom stereocenters. The lowest BCUT2D eigenvalue weighted by molar-refractivity contribution is -0.130. The largest absolute Gasteiger partial charge is 0.452 e. The standard InChI is InChI=1S/C13H14N2O3/c1-18-12(17)15-7-6-13(11(15)16)8-14-10-5-3-2-4-9(10)13/h2-5,14H,6-8H2,1H3. The van der Waals surface area contributed by atoms with Gasteiger partial charge in [0.05, 0.1) is 12.5 Å². The van der Waals surface area contributed by atoms with Crippen molar-refractivity contribution in [2.24, 2.45) is 0 Å². The maximum atomic E-state index is 12.5. The Morgan fingerprint density at radius 2 is 2.22 bits per heavy atom. The summed E-state index contributed by atoms with van der Waals surface area (Å²) >= 11 is 0. The molecule has 0 saturated carbocycles. The first kappa shape index (κ1) is 11.1. The Morgan fingerprint density at radius 1 is 1.44 bits per heavy atom. The molecule has 5 nitrogen and oxygen atoms in total. The third kappa shape index (κ3) is 1.27. The number of benzene rings is 1. The highest BCUT2D eigenvalue weighted by Gasteiger charge is 2.53. The van der Waals surface area contributed by atoms with Crippen LogP contribution in [0.25, 0.3) is 0 Å². The fourth-order valence-electron chi connectivity index (χ4n) is 2.86. The first-order valence-corrected chi connectivity index (χ1v) is 5.92. The Kier molecular flexibility index (Phi) is 2.29. The van der Waals surface area contributed by atoms with Crippen LogP contribution in [0.15, 0.2) is 24.3 Å². The van der Waals surface area contributed by atoms with Crippen LogP contribution in [0.3, 0.4) is 0 Å². The molecule has 1 aromatic carbocycles. The smallest absolute Gasteiger partial charge is 0.416 e. The zero-order chi connectivity index (χ0) is 12.8. The summed E-state index contributed by atoms with van der Waals surface area (Å²) in [4.78, 5) is 25.2. The molecular weight excluding hydrogens is 232 g/mol. The number of nitrogens with zero attached hydrogens (tertiary/aromatic N) is 1. The van der Waals surface area contributed by atoms with Crippen molar-refractivity contribution in [3.63, 3.8) is 0 Å². The maximum Gasteiger partial charge on any atom is 0.416 e. The van der Waals surface area contributed by atoms with Crippen molar-refractivity contribution in [2.75, 3.05) is 25.5 Å². The first-order chi connectivity index (χ1) is 8.69. The van der Waals surface area contributed by atoms with Gasteiger partial charge in [-0.15, -0.1) is 0 Å². The monoisotopic (exact) mass is 246 g/mol. The van der Waals surface area contributed by atoms with Crippen molar-refractivity contribution in [1.29, 1.82) is 0 Å². The number of methoxy groups -OCH3 is 1. The molecule has 1 N–H and O–H groups in total. The minimum absolute atomic E-state index is 0.160. The van der Waals surface area contributed by atoms with Gasteiger partial charge in [-0.3, -0.25) is 4.79 Å². The number of nitrogens with one attached hydrogen (secondary N) is 1. The van der Waals surface area contributed by atoms with E-state index in [9.17, 15) is 9.59 Å². The van der Waals surface area contributed by atoms with Gasteiger partial charge in [-0.1, -0.05) is 18.2 Å². The Labute approximate surface area is 105 Å². The lowest BCUT2D eigenvalue weighted by Gasteiger charge is -2.21. The van der Waals surface area contributed by atoms with Crippen molar-refractivity contribution in [3.05, 3.63) is 29.8 Å². The van der Waals surface area contributed by atoms with E-state index in [4.69, 9.17) is 0 Å². The summed E-state index contributed by atoms with van der Waals surface area (Å²) in [7, 11) is 1.29. The van der Waals surface area contributed by atoms with Gasteiger partial charge >= 0.3 is 6.09 Å². The molecule has 2 heterocycles. The van der Waals surface area contributed by atoms with Crippen molar-refractivity contribution in [1.82, 2.24) is 4.90 Å². The van der Waals surface area contributed by atoms with Gasteiger partial charge < -0.3 is 10.1 Å².